The van der Waals surface area contributed by atoms with Crippen LogP contribution in [0.5, 0.6) is 0 Å². The highest BCUT2D eigenvalue weighted by molar-refractivity contribution is 8.15. The minimum Gasteiger partial charge on any atom is -0.462 e. The van der Waals surface area contributed by atoms with Gasteiger partial charge in [-0.3, -0.25) is 14.5 Å². The average Bonchev–Trinajstić information content (AvgIpc) is 2.89. The van der Waals surface area contributed by atoms with E-state index in [-0.39, 0.29) is 30.6 Å². The summed E-state index contributed by atoms with van der Waals surface area (Å²) in [6, 6.07) is 17.4. The van der Waals surface area contributed by atoms with Crippen molar-refractivity contribution in [3.05, 3.63) is 95.6 Å². The largest absolute Gasteiger partial charge is 0.462 e. The zero-order valence-electron chi connectivity index (χ0n) is 19.8. The number of esters is 1. The van der Waals surface area contributed by atoms with E-state index in [1.54, 1.807) is 43.3 Å². The molecule has 1 aliphatic heterocycles. The molecule has 190 valence electrons. The first-order chi connectivity index (χ1) is 17.8. The smallest absolute Gasteiger partial charge is 0.338 e. The number of nitrogens with one attached hydrogen (secondary N) is 1. The lowest BCUT2D eigenvalue weighted by Gasteiger charge is -2.32. The number of carbonyl (C=O) groups excluding carboxylic acids is 3. The highest BCUT2D eigenvalue weighted by Gasteiger charge is 2.36. The quantitative estimate of drug-likeness (QED) is 0.425. The highest BCUT2D eigenvalue weighted by Crippen LogP contribution is 2.31. The molecule has 1 heterocycles. The summed E-state index contributed by atoms with van der Waals surface area (Å²) < 4.78 is 31.6. The van der Waals surface area contributed by atoms with Crippen molar-refractivity contribution in [3.63, 3.8) is 0 Å². The molecule has 0 aliphatic carbocycles. The van der Waals surface area contributed by atoms with Gasteiger partial charge in [-0.05, 0) is 73.2 Å². The van der Waals surface area contributed by atoms with Gasteiger partial charge < -0.3 is 10.1 Å². The highest BCUT2D eigenvalue weighted by atomic mass is 32.2. The number of halogens is 2. The molecule has 2 amide bonds. The lowest BCUT2D eigenvalue weighted by Crippen LogP contribution is -2.44. The number of carbonyl (C=O) groups is 3. The van der Waals surface area contributed by atoms with Crippen molar-refractivity contribution >= 4 is 46.1 Å². The molecule has 0 saturated carbocycles. The lowest BCUT2D eigenvalue weighted by atomic mass is 10.2. The summed E-state index contributed by atoms with van der Waals surface area (Å²) in [5.74, 6) is -2.03. The third kappa shape index (κ3) is 6.79. The lowest BCUT2D eigenvalue weighted by molar-refractivity contribution is -0.129. The Morgan fingerprint density at radius 2 is 1.62 bits per heavy atom. The van der Waals surface area contributed by atoms with E-state index in [9.17, 15) is 23.2 Å². The Kier molecular flexibility index (Phi) is 8.29. The van der Waals surface area contributed by atoms with Crippen LogP contribution in [0.25, 0.3) is 0 Å². The number of hydrogen-bond donors (Lipinski definition) is 1. The van der Waals surface area contributed by atoms with Gasteiger partial charge in [0.2, 0.25) is 11.8 Å². The van der Waals surface area contributed by atoms with Crippen LogP contribution in [0.15, 0.2) is 77.8 Å². The molecule has 37 heavy (non-hydrogen) atoms. The van der Waals surface area contributed by atoms with Crippen molar-refractivity contribution in [1.82, 2.24) is 4.90 Å². The van der Waals surface area contributed by atoms with E-state index in [2.05, 4.69) is 10.3 Å². The summed E-state index contributed by atoms with van der Waals surface area (Å²) in [5.41, 5.74) is 1.92. The number of benzene rings is 3. The number of aliphatic imine (C=N–C) groups is 1. The maximum absolute atomic E-state index is 13.4. The first-order valence-electron chi connectivity index (χ1n) is 11.5. The Hall–Kier alpha value is -4.05. The Bertz CT molecular complexity index is 1310. The van der Waals surface area contributed by atoms with Crippen LogP contribution in [0.1, 0.15) is 29.3 Å². The first-order valence-corrected chi connectivity index (χ1v) is 12.3. The molecule has 0 radical (unpaired) electrons. The van der Waals surface area contributed by atoms with E-state index in [1.165, 1.54) is 41.3 Å². The third-order valence-electron chi connectivity index (χ3n) is 5.40. The molecular weight excluding hydrogens is 500 g/mol. The molecule has 1 unspecified atom stereocenters. The van der Waals surface area contributed by atoms with Crippen LogP contribution in [-0.2, 0) is 20.9 Å². The zero-order chi connectivity index (χ0) is 26.4. The predicted octanol–water partition coefficient (Wildman–Crippen LogP) is 5.30. The molecule has 0 bridgehead atoms. The van der Waals surface area contributed by atoms with Crippen LogP contribution >= 0.6 is 11.8 Å². The van der Waals surface area contributed by atoms with Crippen LogP contribution in [0.3, 0.4) is 0 Å². The molecule has 7 nitrogen and oxygen atoms in total. The number of anilines is 1. The molecule has 10 heteroatoms. The van der Waals surface area contributed by atoms with Gasteiger partial charge >= 0.3 is 5.97 Å². The predicted molar refractivity (Wildman–Crippen MR) is 137 cm³/mol. The Morgan fingerprint density at radius 1 is 1.00 bits per heavy atom. The van der Waals surface area contributed by atoms with Gasteiger partial charge in [0, 0.05) is 12.1 Å². The molecular formula is C27H23F2N3O4S. The SMILES string of the molecule is CCOC(=O)c1ccc(N=C2SC(C(=O)Nc3ccc(F)cc3)CC(=O)N2Cc2ccc(F)cc2)cc1. The van der Waals surface area contributed by atoms with Gasteiger partial charge in [0.05, 0.1) is 24.4 Å². The monoisotopic (exact) mass is 523 g/mol. The van der Waals surface area contributed by atoms with Gasteiger partial charge in [0.15, 0.2) is 5.17 Å². The fraction of sp³-hybridized carbons (Fsp3) is 0.185. The van der Waals surface area contributed by atoms with Gasteiger partial charge in [0.1, 0.15) is 16.9 Å². The number of nitrogens with zero attached hydrogens (tertiary/aromatic N) is 2. The maximum atomic E-state index is 13.4. The second-order valence-corrected chi connectivity index (χ2v) is 9.24. The molecule has 0 aromatic heterocycles. The molecule has 1 atom stereocenters. The average molecular weight is 524 g/mol. The summed E-state index contributed by atoms with van der Waals surface area (Å²) in [6.07, 6.45) is -0.0836. The number of rotatable bonds is 7. The fourth-order valence-corrected chi connectivity index (χ4v) is 4.62. The van der Waals surface area contributed by atoms with Gasteiger partial charge in [-0.1, -0.05) is 23.9 Å². The molecule has 0 spiro atoms. The van der Waals surface area contributed by atoms with E-state index >= 15 is 0 Å². The topological polar surface area (TPSA) is 88.1 Å². The summed E-state index contributed by atoms with van der Waals surface area (Å²) >= 11 is 1.11. The molecule has 3 aromatic carbocycles. The Morgan fingerprint density at radius 3 is 2.24 bits per heavy atom. The van der Waals surface area contributed by atoms with Crippen molar-refractivity contribution in [2.24, 2.45) is 4.99 Å². The Labute approximate surface area is 216 Å². The van der Waals surface area contributed by atoms with Crippen LogP contribution in [0.4, 0.5) is 20.2 Å². The number of hydrogen-bond acceptors (Lipinski definition) is 6. The van der Waals surface area contributed by atoms with Crippen LogP contribution in [-0.4, -0.2) is 39.7 Å². The number of amides is 2. The molecule has 1 fully saturated rings. The normalized spacial score (nSPS) is 16.5. The van der Waals surface area contributed by atoms with Crippen LogP contribution < -0.4 is 5.32 Å². The molecule has 3 aromatic rings. The maximum Gasteiger partial charge on any atom is 0.338 e. The van der Waals surface area contributed by atoms with Crippen LogP contribution in [0, 0.1) is 11.6 Å². The fourth-order valence-electron chi connectivity index (χ4n) is 3.52. The van der Waals surface area contributed by atoms with Gasteiger partial charge in [0.25, 0.3) is 0 Å². The first kappa shape index (κ1) is 26.0. The zero-order valence-corrected chi connectivity index (χ0v) is 20.6. The van der Waals surface area contributed by atoms with E-state index in [4.69, 9.17) is 4.74 Å². The minimum absolute atomic E-state index is 0.0836. The summed E-state index contributed by atoms with van der Waals surface area (Å²) in [7, 11) is 0. The summed E-state index contributed by atoms with van der Waals surface area (Å²) in [4.78, 5) is 44.1. The summed E-state index contributed by atoms with van der Waals surface area (Å²) in [5, 5.41) is 2.20. The van der Waals surface area contributed by atoms with E-state index < -0.39 is 28.8 Å². The van der Waals surface area contributed by atoms with E-state index in [0.29, 0.717) is 22.5 Å². The standard InChI is InChI=1S/C27H23F2N3O4S/c1-2-36-26(35)18-5-11-22(12-6-18)31-27-32(16-17-3-7-19(28)8-4-17)24(33)15-23(37-27)25(34)30-21-13-9-20(29)10-14-21/h3-14,23H,2,15-16H2,1H3,(H,30,34). The second kappa shape index (κ2) is 11.8. The van der Waals surface area contributed by atoms with Crippen LogP contribution in [0.2, 0.25) is 0 Å². The van der Waals surface area contributed by atoms with Crippen molar-refractivity contribution in [1.29, 1.82) is 0 Å². The van der Waals surface area contributed by atoms with E-state index in [1.807, 2.05) is 0 Å². The molecule has 1 aliphatic rings. The van der Waals surface area contributed by atoms with Crippen molar-refractivity contribution < 1.29 is 27.9 Å². The van der Waals surface area contributed by atoms with Gasteiger partial charge in [-0.25, -0.2) is 18.6 Å². The minimum atomic E-state index is -0.778. The second-order valence-electron chi connectivity index (χ2n) is 8.07. The summed E-state index contributed by atoms with van der Waals surface area (Å²) in [6.45, 7) is 2.10. The third-order valence-corrected chi connectivity index (χ3v) is 6.59. The number of thioether (sulfide) groups is 1. The van der Waals surface area contributed by atoms with E-state index in [0.717, 1.165) is 11.8 Å². The van der Waals surface area contributed by atoms with Crippen molar-refractivity contribution in [2.45, 2.75) is 25.1 Å². The molecule has 4 rings (SSSR count). The molecule has 1 saturated heterocycles. The number of ether oxygens (including phenoxy) is 1. The van der Waals surface area contributed by atoms with Crippen molar-refractivity contribution in [2.75, 3.05) is 11.9 Å². The molecule has 1 N–H and O–H groups in total. The van der Waals surface area contributed by atoms with Gasteiger partial charge in [-0.15, -0.1) is 0 Å². The Balaban J connectivity index is 1.59. The van der Waals surface area contributed by atoms with Crippen molar-refractivity contribution in [3.8, 4) is 0 Å². The van der Waals surface area contributed by atoms with Gasteiger partial charge in [-0.2, -0.15) is 0 Å². The number of amidine groups is 1.